The molecule has 0 spiro atoms. The van der Waals surface area contributed by atoms with Crippen molar-refractivity contribution in [3.63, 3.8) is 0 Å². The van der Waals surface area contributed by atoms with Gasteiger partial charge in [0.05, 0.1) is 24.8 Å². The van der Waals surface area contributed by atoms with E-state index >= 15 is 0 Å². The molecule has 3 aliphatic heterocycles. The van der Waals surface area contributed by atoms with Gasteiger partial charge in [-0.3, -0.25) is 14.5 Å². The zero-order valence-corrected chi connectivity index (χ0v) is 20.0. The van der Waals surface area contributed by atoms with E-state index in [1.54, 1.807) is 0 Å². The van der Waals surface area contributed by atoms with E-state index in [2.05, 4.69) is 10.1 Å². The Labute approximate surface area is 191 Å². The van der Waals surface area contributed by atoms with Gasteiger partial charge in [-0.25, -0.2) is 0 Å². The van der Waals surface area contributed by atoms with Gasteiger partial charge in [-0.15, -0.1) is 0 Å². The predicted octanol–water partition coefficient (Wildman–Crippen LogP) is 2.38. The van der Waals surface area contributed by atoms with Gasteiger partial charge >= 0.3 is 0 Å². The maximum absolute atomic E-state index is 13.0. The number of fused-ring (bicyclic) bond motifs is 1. The molecule has 0 N–H and O–H groups in total. The first-order valence-corrected chi connectivity index (χ1v) is 12.3. The SMILES string of the molecule is CCN(CC)C(=O)C[C@@H]1OC[C@@H]2[C@H]1[C@H](CC(=O)N1CCCC1)CN2Cc1c(C)noc1C. The van der Waals surface area contributed by atoms with Crippen molar-refractivity contribution in [3.05, 3.63) is 17.0 Å². The highest BCUT2D eigenvalue weighted by Crippen LogP contribution is 2.43. The lowest BCUT2D eigenvalue weighted by molar-refractivity contribution is -0.134. The van der Waals surface area contributed by atoms with Gasteiger partial charge in [-0.1, -0.05) is 5.16 Å². The minimum atomic E-state index is -0.126. The minimum Gasteiger partial charge on any atom is -0.376 e. The lowest BCUT2D eigenvalue weighted by atomic mass is 9.84. The van der Waals surface area contributed by atoms with Crippen LogP contribution in [0.1, 0.15) is 56.5 Å². The minimum absolute atomic E-state index is 0.126. The molecule has 8 nitrogen and oxygen atoms in total. The summed E-state index contributed by atoms with van der Waals surface area (Å²) in [5.74, 6) is 1.65. The molecule has 1 aromatic heterocycles. The van der Waals surface area contributed by atoms with Gasteiger partial charge in [0.15, 0.2) is 0 Å². The second-order valence-corrected chi connectivity index (χ2v) is 9.57. The monoisotopic (exact) mass is 446 g/mol. The number of aryl methyl sites for hydroxylation is 2. The van der Waals surface area contributed by atoms with Crippen LogP contribution in [0.4, 0.5) is 0 Å². The zero-order chi connectivity index (χ0) is 22.8. The Hall–Kier alpha value is -1.93. The van der Waals surface area contributed by atoms with Crippen molar-refractivity contribution < 1.29 is 18.8 Å². The van der Waals surface area contributed by atoms with Crippen LogP contribution >= 0.6 is 0 Å². The number of hydrogen-bond acceptors (Lipinski definition) is 6. The fourth-order valence-electron chi connectivity index (χ4n) is 5.92. The summed E-state index contributed by atoms with van der Waals surface area (Å²) in [6.07, 6.45) is 3.02. The Morgan fingerprint density at radius 3 is 2.47 bits per heavy atom. The highest BCUT2D eigenvalue weighted by atomic mass is 16.5. The standard InChI is InChI=1S/C24H38N4O4/c1-5-26(6-2)23(30)12-21-24-18(11-22(29)27-9-7-8-10-27)13-28(20(24)15-31-21)14-19-16(3)25-32-17(19)4/h18,20-21,24H,5-15H2,1-4H3/t18-,20-,21+,24-/m1/s1. The average molecular weight is 447 g/mol. The summed E-state index contributed by atoms with van der Waals surface area (Å²) in [6, 6.07) is 0.217. The van der Waals surface area contributed by atoms with E-state index in [9.17, 15) is 9.59 Å². The van der Waals surface area contributed by atoms with Gasteiger partial charge < -0.3 is 19.1 Å². The van der Waals surface area contributed by atoms with E-state index in [0.29, 0.717) is 32.5 Å². The second kappa shape index (κ2) is 9.91. The van der Waals surface area contributed by atoms with Gasteiger partial charge in [0.2, 0.25) is 11.8 Å². The summed E-state index contributed by atoms with van der Waals surface area (Å²) < 4.78 is 11.6. The molecule has 1 aromatic rings. The van der Waals surface area contributed by atoms with Gasteiger partial charge in [0.1, 0.15) is 5.76 Å². The second-order valence-electron chi connectivity index (χ2n) is 9.57. The number of aromatic nitrogens is 1. The predicted molar refractivity (Wildman–Crippen MR) is 120 cm³/mol. The van der Waals surface area contributed by atoms with Crippen LogP contribution in [0, 0.1) is 25.7 Å². The van der Waals surface area contributed by atoms with E-state index in [4.69, 9.17) is 9.26 Å². The molecule has 4 atom stereocenters. The molecule has 0 bridgehead atoms. The Morgan fingerprint density at radius 1 is 1.12 bits per heavy atom. The molecule has 3 fully saturated rings. The van der Waals surface area contributed by atoms with E-state index in [1.165, 1.54) is 0 Å². The lowest BCUT2D eigenvalue weighted by Gasteiger charge is -2.26. The molecule has 8 heteroatoms. The molecule has 3 saturated heterocycles. The molecule has 4 heterocycles. The van der Waals surface area contributed by atoms with Crippen LogP contribution in [0.5, 0.6) is 0 Å². The number of likely N-dealkylation sites (tertiary alicyclic amines) is 2. The van der Waals surface area contributed by atoms with E-state index in [1.807, 2.05) is 37.5 Å². The van der Waals surface area contributed by atoms with Gasteiger partial charge in [-0.2, -0.15) is 0 Å². The third-order valence-electron chi connectivity index (χ3n) is 7.77. The molecule has 0 saturated carbocycles. The summed E-state index contributed by atoms with van der Waals surface area (Å²) >= 11 is 0. The van der Waals surface area contributed by atoms with Crippen molar-refractivity contribution in [2.75, 3.05) is 39.3 Å². The van der Waals surface area contributed by atoms with Crippen LogP contribution in [0.2, 0.25) is 0 Å². The highest BCUT2D eigenvalue weighted by Gasteiger charge is 2.51. The summed E-state index contributed by atoms with van der Waals surface area (Å²) in [5.41, 5.74) is 2.04. The quantitative estimate of drug-likeness (QED) is 0.610. The molecule has 0 radical (unpaired) electrons. The van der Waals surface area contributed by atoms with Gasteiger partial charge in [-0.05, 0) is 46.5 Å². The van der Waals surface area contributed by atoms with Gasteiger partial charge in [0.25, 0.3) is 0 Å². The number of rotatable bonds is 8. The van der Waals surface area contributed by atoms with Crippen LogP contribution in [0.3, 0.4) is 0 Å². The fourth-order valence-corrected chi connectivity index (χ4v) is 5.92. The van der Waals surface area contributed by atoms with Crippen LogP contribution in [-0.2, 0) is 20.9 Å². The summed E-state index contributed by atoms with van der Waals surface area (Å²) in [5, 5.41) is 4.11. The number of amides is 2. The molecule has 4 rings (SSSR count). The molecular formula is C24H38N4O4. The maximum atomic E-state index is 13.0. The van der Waals surface area contributed by atoms with Crippen molar-refractivity contribution >= 4 is 11.8 Å². The number of ether oxygens (including phenoxy) is 1. The topological polar surface area (TPSA) is 79.1 Å². The van der Waals surface area contributed by atoms with E-state index in [-0.39, 0.29) is 35.8 Å². The molecule has 0 aromatic carbocycles. The fraction of sp³-hybridized carbons (Fsp3) is 0.792. The van der Waals surface area contributed by atoms with Crippen LogP contribution in [0.15, 0.2) is 4.52 Å². The Morgan fingerprint density at radius 2 is 1.84 bits per heavy atom. The van der Waals surface area contributed by atoms with Crippen LogP contribution < -0.4 is 0 Å². The normalized spacial score (nSPS) is 27.8. The molecule has 32 heavy (non-hydrogen) atoms. The zero-order valence-electron chi connectivity index (χ0n) is 20.0. The van der Waals surface area contributed by atoms with Crippen molar-refractivity contribution in [2.45, 2.75) is 72.1 Å². The number of carbonyl (C=O) groups excluding carboxylic acids is 2. The van der Waals surface area contributed by atoms with Crippen molar-refractivity contribution in [1.82, 2.24) is 19.9 Å². The van der Waals surface area contributed by atoms with Crippen LogP contribution in [-0.4, -0.2) is 83.1 Å². The smallest absolute Gasteiger partial charge is 0.225 e. The number of nitrogens with zero attached hydrogens (tertiary/aromatic N) is 4. The van der Waals surface area contributed by atoms with Crippen molar-refractivity contribution in [3.8, 4) is 0 Å². The third kappa shape index (κ3) is 4.57. The first kappa shape index (κ1) is 23.2. The first-order chi connectivity index (χ1) is 15.4. The Kier molecular flexibility index (Phi) is 7.20. The molecule has 3 aliphatic rings. The van der Waals surface area contributed by atoms with Crippen LogP contribution in [0.25, 0.3) is 0 Å². The highest BCUT2D eigenvalue weighted by molar-refractivity contribution is 5.77. The maximum Gasteiger partial charge on any atom is 0.225 e. The van der Waals surface area contributed by atoms with Crippen molar-refractivity contribution in [1.29, 1.82) is 0 Å². The first-order valence-electron chi connectivity index (χ1n) is 12.3. The van der Waals surface area contributed by atoms with E-state index < -0.39 is 0 Å². The number of hydrogen-bond donors (Lipinski definition) is 0. The lowest BCUT2D eigenvalue weighted by Crippen LogP contribution is -2.38. The summed E-state index contributed by atoms with van der Waals surface area (Å²) in [4.78, 5) is 32.2. The third-order valence-corrected chi connectivity index (χ3v) is 7.77. The summed E-state index contributed by atoms with van der Waals surface area (Å²) in [7, 11) is 0. The molecule has 178 valence electrons. The van der Waals surface area contributed by atoms with Gasteiger partial charge in [0, 0.05) is 63.2 Å². The van der Waals surface area contributed by atoms with Crippen molar-refractivity contribution in [2.24, 2.45) is 11.8 Å². The largest absolute Gasteiger partial charge is 0.376 e. The molecule has 0 aliphatic carbocycles. The summed E-state index contributed by atoms with van der Waals surface area (Å²) in [6.45, 7) is 13.3. The molecule has 0 unspecified atom stereocenters. The Bertz CT molecular complexity index is 795. The Balaban J connectivity index is 1.51. The average Bonchev–Trinajstić information content (AvgIpc) is 3.54. The number of carbonyl (C=O) groups is 2. The molecule has 2 amide bonds. The molecular weight excluding hydrogens is 408 g/mol. The van der Waals surface area contributed by atoms with E-state index in [0.717, 1.165) is 56.0 Å².